The van der Waals surface area contributed by atoms with Crippen LogP contribution in [0.2, 0.25) is 0 Å². The summed E-state index contributed by atoms with van der Waals surface area (Å²) in [5.74, 6) is 0.742. The Hall–Kier alpha value is -1.87. The van der Waals surface area contributed by atoms with E-state index < -0.39 is 0 Å². The van der Waals surface area contributed by atoms with E-state index in [0.717, 1.165) is 5.56 Å². The van der Waals surface area contributed by atoms with Gasteiger partial charge in [0.25, 0.3) is 0 Å². The van der Waals surface area contributed by atoms with Crippen molar-refractivity contribution < 1.29 is 9.21 Å². The molecule has 0 unspecified atom stereocenters. The lowest BCUT2D eigenvalue weighted by atomic mass is 10.1. The fraction of sp³-hybridized carbons (Fsp3) is 0.154. The average Bonchev–Trinajstić information content (AvgIpc) is 2.82. The first-order chi connectivity index (χ1) is 7.79. The quantitative estimate of drug-likeness (QED) is 0.795. The highest BCUT2D eigenvalue weighted by Crippen LogP contribution is 2.09. The van der Waals surface area contributed by atoms with Crippen LogP contribution in [0.1, 0.15) is 21.7 Å². The van der Waals surface area contributed by atoms with Gasteiger partial charge in [-0.3, -0.25) is 4.79 Å². The van der Waals surface area contributed by atoms with Crippen LogP contribution in [0.3, 0.4) is 0 Å². The van der Waals surface area contributed by atoms with Crippen LogP contribution in [0.4, 0.5) is 0 Å². The zero-order valence-electron chi connectivity index (χ0n) is 8.85. The van der Waals surface area contributed by atoms with Gasteiger partial charge in [-0.05, 0) is 17.7 Å². The van der Waals surface area contributed by atoms with Crippen molar-refractivity contribution in [1.82, 2.24) is 0 Å². The number of Topliss-reactive ketones (excluding diaryl/α,β-unsaturated/α-hetero) is 1. The van der Waals surface area contributed by atoms with Gasteiger partial charge in [-0.15, -0.1) is 0 Å². The standard InChI is InChI=1S/C13H13NO2/c14-9-10-3-5-11(6-4-10)13(15)8-12-2-1-7-16-12/h1-7H,8-9,14H2. The number of benzene rings is 1. The van der Waals surface area contributed by atoms with E-state index in [4.69, 9.17) is 10.2 Å². The lowest BCUT2D eigenvalue weighted by molar-refractivity contribution is 0.0987. The van der Waals surface area contributed by atoms with Crippen LogP contribution < -0.4 is 5.73 Å². The number of ketones is 1. The summed E-state index contributed by atoms with van der Waals surface area (Å²) in [6.07, 6.45) is 1.87. The van der Waals surface area contributed by atoms with Crippen molar-refractivity contribution >= 4 is 5.78 Å². The third-order valence-corrected chi connectivity index (χ3v) is 2.43. The van der Waals surface area contributed by atoms with Crippen LogP contribution in [-0.4, -0.2) is 5.78 Å². The Kier molecular flexibility index (Phi) is 3.17. The summed E-state index contributed by atoms with van der Waals surface area (Å²) in [5, 5.41) is 0. The summed E-state index contributed by atoms with van der Waals surface area (Å²) in [6.45, 7) is 0.493. The molecule has 2 aromatic rings. The molecule has 0 atom stereocenters. The van der Waals surface area contributed by atoms with Gasteiger partial charge < -0.3 is 10.2 Å². The molecule has 0 bridgehead atoms. The van der Waals surface area contributed by atoms with Crippen molar-refractivity contribution in [3.63, 3.8) is 0 Å². The Morgan fingerprint density at radius 1 is 1.19 bits per heavy atom. The topological polar surface area (TPSA) is 56.2 Å². The van der Waals surface area contributed by atoms with E-state index in [-0.39, 0.29) is 5.78 Å². The van der Waals surface area contributed by atoms with Gasteiger partial charge >= 0.3 is 0 Å². The third kappa shape index (κ3) is 2.38. The molecule has 0 aliphatic rings. The molecule has 1 aromatic carbocycles. The Balaban J connectivity index is 2.09. The summed E-state index contributed by atoms with van der Waals surface area (Å²) in [6, 6.07) is 10.9. The van der Waals surface area contributed by atoms with Gasteiger partial charge in [0.1, 0.15) is 5.76 Å². The molecule has 16 heavy (non-hydrogen) atoms. The largest absolute Gasteiger partial charge is 0.469 e. The van der Waals surface area contributed by atoms with Crippen molar-refractivity contribution in [1.29, 1.82) is 0 Å². The van der Waals surface area contributed by atoms with Crippen LogP contribution >= 0.6 is 0 Å². The molecule has 3 heteroatoms. The van der Waals surface area contributed by atoms with Crippen LogP contribution in [0, 0.1) is 0 Å². The lowest BCUT2D eigenvalue weighted by Crippen LogP contribution is -2.03. The van der Waals surface area contributed by atoms with Gasteiger partial charge in [0, 0.05) is 12.1 Å². The second-order valence-corrected chi connectivity index (χ2v) is 3.58. The van der Waals surface area contributed by atoms with Gasteiger partial charge in [-0.2, -0.15) is 0 Å². The second-order valence-electron chi connectivity index (χ2n) is 3.58. The van der Waals surface area contributed by atoms with Crippen molar-refractivity contribution in [2.24, 2.45) is 5.73 Å². The highest BCUT2D eigenvalue weighted by molar-refractivity contribution is 5.97. The second kappa shape index (κ2) is 4.77. The summed E-state index contributed by atoms with van der Waals surface area (Å²) in [7, 11) is 0. The van der Waals surface area contributed by atoms with Gasteiger partial charge in [-0.25, -0.2) is 0 Å². The maximum Gasteiger partial charge on any atom is 0.170 e. The van der Waals surface area contributed by atoms with Crippen LogP contribution in [0.25, 0.3) is 0 Å². The van der Waals surface area contributed by atoms with E-state index >= 15 is 0 Å². The van der Waals surface area contributed by atoms with E-state index in [9.17, 15) is 4.79 Å². The molecule has 0 saturated carbocycles. The Labute approximate surface area is 93.9 Å². The predicted molar refractivity (Wildman–Crippen MR) is 61.1 cm³/mol. The van der Waals surface area contributed by atoms with Crippen molar-refractivity contribution in [3.8, 4) is 0 Å². The summed E-state index contributed by atoms with van der Waals surface area (Å²) >= 11 is 0. The Bertz CT molecular complexity index is 457. The zero-order valence-corrected chi connectivity index (χ0v) is 8.85. The molecule has 2 rings (SSSR count). The first kappa shape index (κ1) is 10.6. The fourth-order valence-electron chi connectivity index (χ4n) is 1.50. The molecule has 0 saturated heterocycles. The number of carbonyl (C=O) groups is 1. The molecule has 0 aliphatic heterocycles. The molecule has 82 valence electrons. The molecule has 2 N–H and O–H groups in total. The molecule has 0 amide bonds. The Morgan fingerprint density at radius 3 is 2.50 bits per heavy atom. The summed E-state index contributed by atoms with van der Waals surface area (Å²) < 4.78 is 5.13. The number of nitrogens with two attached hydrogens (primary N) is 1. The first-order valence-corrected chi connectivity index (χ1v) is 5.14. The number of hydrogen-bond donors (Lipinski definition) is 1. The van der Waals surface area contributed by atoms with Crippen molar-refractivity contribution in [3.05, 3.63) is 59.5 Å². The molecule has 3 nitrogen and oxygen atoms in total. The maximum atomic E-state index is 11.8. The average molecular weight is 215 g/mol. The number of hydrogen-bond acceptors (Lipinski definition) is 3. The van der Waals surface area contributed by atoms with Crippen molar-refractivity contribution in [2.75, 3.05) is 0 Å². The molecule has 0 aliphatic carbocycles. The van der Waals surface area contributed by atoms with Crippen LogP contribution in [-0.2, 0) is 13.0 Å². The normalized spacial score (nSPS) is 10.3. The monoisotopic (exact) mass is 215 g/mol. The molecular formula is C13H13NO2. The minimum atomic E-state index is 0.0542. The van der Waals surface area contributed by atoms with E-state index in [2.05, 4.69) is 0 Å². The zero-order chi connectivity index (χ0) is 11.4. The molecular weight excluding hydrogens is 202 g/mol. The maximum absolute atomic E-state index is 11.8. The van der Waals surface area contributed by atoms with Gasteiger partial charge in [0.2, 0.25) is 0 Å². The highest BCUT2D eigenvalue weighted by Gasteiger charge is 2.08. The molecule has 1 heterocycles. The van der Waals surface area contributed by atoms with Gasteiger partial charge in [0.05, 0.1) is 12.7 Å². The van der Waals surface area contributed by atoms with Gasteiger partial charge in [-0.1, -0.05) is 24.3 Å². The highest BCUT2D eigenvalue weighted by atomic mass is 16.3. The van der Waals surface area contributed by atoms with E-state index in [1.54, 1.807) is 30.5 Å². The Morgan fingerprint density at radius 2 is 1.94 bits per heavy atom. The smallest absolute Gasteiger partial charge is 0.170 e. The van der Waals surface area contributed by atoms with E-state index in [1.165, 1.54) is 0 Å². The van der Waals surface area contributed by atoms with Crippen molar-refractivity contribution in [2.45, 2.75) is 13.0 Å². The van der Waals surface area contributed by atoms with Gasteiger partial charge in [0.15, 0.2) is 5.78 Å². The van der Waals surface area contributed by atoms with E-state index in [0.29, 0.717) is 24.3 Å². The van der Waals surface area contributed by atoms with Crippen LogP contribution in [0.15, 0.2) is 47.1 Å². The minimum absolute atomic E-state index is 0.0542. The molecule has 0 fully saturated rings. The van der Waals surface area contributed by atoms with Crippen LogP contribution in [0.5, 0.6) is 0 Å². The lowest BCUT2D eigenvalue weighted by Gasteiger charge is -2.00. The summed E-state index contributed by atoms with van der Waals surface area (Å²) in [4.78, 5) is 11.8. The number of furan rings is 1. The summed E-state index contributed by atoms with van der Waals surface area (Å²) in [5.41, 5.74) is 7.20. The minimum Gasteiger partial charge on any atom is -0.469 e. The molecule has 1 aromatic heterocycles. The predicted octanol–water partition coefficient (Wildman–Crippen LogP) is 2.16. The first-order valence-electron chi connectivity index (χ1n) is 5.14. The SMILES string of the molecule is NCc1ccc(C(=O)Cc2ccco2)cc1. The number of rotatable bonds is 4. The third-order valence-electron chi connectivity index (χ3n) is 2.43. The van der Waals surface area contributed by atoms with E-state index in [1.807, 2.05) is 12.1 Å². The molecule has 0 spiro atoms. The fourth-order valence-corrected chi connectivity index (χ4v) is 1.50. The number of carbonyl (C=O) groups excluding carboxylic acids is 1. The molecule has 0 radical (unpaired) electrons.